The molecule has 1 heterocycles. The average Bonchev–Trinajstić information content (AvgIpc) is 3.38. The normalized spacial score (nSPS) is 19.9. The number of aliphatic hydroxyl groups excluding tert-OH is 1. The molecule has 5 nitrogen and oxygen atoms in total. The zero-order valence-electron chi connectivity index (χ0n) is 11.7. The molecular formula is C16H18N2O3. The molecule has 0 atom stereocenters. The number of aliphatic hydroxyl groups is 1. The molecule has 1 aromatic heterocycles. The van der Waals surface area contributed by atoms with Crippen molar-refractivity contribution in [1.82, 2.24) is 9.55 Å². The monoisotopic (exact) mass is 286 g/mol. The van der Waals surface area contributed by atoms with E-state index in [1.54, 1.807) is 12.1 Å². The summed E-state index contributed by atoms with van der Waals surface area (Å²) in [6.45, 7) is 0.935. The third-order valence-corrected chi connectivity index (χ3v) is 4.77. The Hall–Kier alpha value is -1.88. The molecule has 5 heteroatoms. The van der Waals surface area contributed by atoms with Crippen LogP contribution >= 0.6 is 0 Å². The molecule has 2 aromatic rings. The zero-order valence-corrected chi connectivity index (χ0v) is 11.7. The Labute approximate surface area is 122 Å². The largest absolute Gasteiger partial charge is 0.478 e. The Morgan fingerprint density at radius 2 is 2.14 bits per heavy atom. The lowest BCUT2D eigenvalue weighted by Crippen LogP contribution is -2.17. The number of carboxylic acids is 1. The summed E-state index contributed by atoms with van der Waals surface area (Å²) in [5.74, 6) is 0.517. The van der Waals surface area contributed by atoms with E-state index in [4.69, 9.17) is 0 Å². The van der Waals surface area contributed by atoms with E-state index in [0.717, 1.165) is 43.6 Å². The van der Waals surface area contributed by atoms with E-state index in [0.29, 0.717) is 11.4 Å². The van der Waals surface area contributed by atoms with Gasteiger partial charge in [0.05, 0.1) is 17.7 Å². The van der Waals surface area contributed by atoms with Crippen molar-refractivity contribution in [3.63, 3.8) is 0 Å². The molecule has 1 aromatic carbocycles. The van der Waals surface area contributed by atoms with Gasteiger partial charge in [0, 0.05) is 17.9 Å². The molecule has 2 N–H and O–H groups in total. The van der Waals surface area contributed by atoms with E-state index in [-0.39, 0.29) is 17.6 Å². The molecule has 0 spiro atoms. The molecule has 2 aliphatic carbocycles. The van der Waals surface area contributed by atoms with Crippen LogP contribution < -0.4 is 0 Å². The highest BCUT2D eigenvalue weighted by molar-refractivity contribution is 6.01. The number of imidazole rings is 1. The lowest BCUT2D eigenvalue weighted by atomic mass is 10.1. The summed E-state index contributed by atoms with van der Waals surface area (Å²) in [5.41, 5.74) is 1.72. The number of rotatable bonds is 5. The highest BCUT2D eigenvalue weighted by atomic mass is 16.4. The van der Waals surface area contributed by atoms with E-state index in [9.17, 15) is 15.0 Å². The Bertz CT molecular complexity index is 726. The lowest BCUT2D eigenvalue weighted by Gasteiger charge is -2.15. The first-order valence-corrected chi connectivity index (χ1v) is 7.47. The van der Waals surface area contributed by atoms with Crippen LogP contribution in [-0.4, -0.2) is 32.3 Å². The van der Waals surface area contributed by atoms with Crippen molar-refractivity contribution in [2.45, 2.75) is 38.1 Å². The summed E-state index contributed by atoms with van der Waals surface area (Å²) in [7, 11) is 0. The second-order valence-electron chi connectivity index (χ2n) is 6.47. The topological polar surface area (TPSA) is 75.3 Å². The van der Waals surface area contributed by atoms with Gasteiger partial charge in [0.25, 0.3) is 0 Å². The Balaban J connectivity index is 1.88. The molecule has 2 aliphatic rings. The van der Waals surface area contributed by atoms with E-state index in [1.807, 2.05) is 6.07 Å². The summed E-state index contributed by atoms with van der Waals surface area (Å²) in [5, 5.41) is 18.9. The summed E-state index contributed by atoms with van der Waals surface area (Å²) in [4.78, 5) is 16.0. The minimum absolute atomic E-state index is 0.0174. The third-order valence-electron chi connectivity index (χ3n) is 4.77. The second-order valence-corrected chi connectivity index (χ2v) is 6.47. The van der Waals surface area contributed by atoms with Gasteiger partial charge in [0.2, 0.25) is 0 Å². The molecule has 0 aliphatic heterocycles. The highest BCUT2D eigenvalue weighted by Crippen LogP contribution is 2.49. The molecule has 2 fully saturated rings. The van der Waals surface area contributed by atoms with Crippen LogP contribution in [0.25, 0.3) is 11.0 Å². The van der Waals surface area contributed by atoms with Crippen LogP contribution in [0.15, 0.2) is 18.2 Å². The van der Waals surface area contributed by atoms with Gasteiger partial charge >= 0.3 is 5.97 Å². The number of carbonyl (C=O) groups is 1. The fraction of sp³-hybridized carbons (Fsp3) is 0.500. The van der Waals surface area contributed by atoms with Crippen molar-refractivity contribution in [2.75, 3.05) is 6.61 Å². The number of aromatic nitrogens is 2. The molecule has 0 unspecified atom stereocenters. The minimum Gasteiger partial charge on any atom is -0.478 e. The predicted octanol–water partition coefficient (Wildman–Crippen LogP) is 2.38. The number of nitrogens with zero attached hydrogens (tertiary/aromatic N) is 2. The first-order valence-electron chi connectivity index (χ1n) is 7.47. The average molecular weight is 286 g/mol. The number of benzene rings is 1. The van der Waals surface area contributed by atoms with Gasteiger partial charge in [0.1, 0.15) is 11.3 Å². The van der Waals surface area contributed by atoms with Gasteiger partial charge in [-0.1, -0.05) is 6.07 Å². The first kappa shape index (κ1) is 12.8. The zero-order chi connectivity index (χ0) is 14.6. The molecule has 0 saturated heterocycles. The summed E-state index contributed by atoms with van der Waals surface area (Å²) in [6, 6.07) is 5.32. The SMILES string of the molecule is O=C(O)c1cccc2c1nc(C1CC1)n2CC1(CO)CC1. The number of para-hydroxylation sites is 1. The molecule has 2 saturated carbocycles. The van der Waals surface area contributed by atoms with Crippen molar-refractivity contribution in [3.8, 4) is 0 Å². The summed E-state index contributed by atoms with van der Waals surface area (Å²) < 4.78 is 2.16. The van der Waals surface area contributed by atoms with Crippen LogP contribution in [0.1, 0.15) is 47.8 Å². The quantitative estimate of drug-likeness (QED) is 0.885. The number of aromatic carboxylic acids is 1. The maximum Gasteiger partial charge on any atom is 0.337 e. The molecule has 0 bridgehead atoms. The van der Waals surface area contributed by atoms with Gasteiger partial charge in [-0.25, -0.2) is 9.78 Å². The Morgan fingerprint density at radius 1 is 1.38 bits per heavy atom. The number of carboxylic acid groups (broad SMARTS) is 1. The van der Waals surface area contributed by atoms with Gasteiger partial charge < -0.3 is 14.8 Å². The van der Waals surface area contributed by atoms with Crippen molar-refractivity contribution in [2.24, 2.45) is 5.41 Å². The van der Waals surface area contributed by atoms with Gasteiger partial charge in [-0.3, -0.25) is 0 Å². The van der Waals surface area contributed by atoms with Gasteiger partial charge in [-0.15, -0.1) is 0 Å². The Morgan fingerprint density at radius 3 is 2.71 bits per heavy atom. The first-order chi connectivity index (χ1) is 10.1. The smallest absolute Gasteiger partial charge is 0.337 e. The number of hydrogen-bond acceptors (Lipinski definition) is 3. The standard InChI is InChI=1S/C16H18N2O3/c19-9-16(6-7-16)8-18-12-3-1-2-11(15(20)21)13(12)17-14(18)10-4-5-10/h1-3,10,19H,4-9H2,(H,20,21). The lowest BCUT2D eigenvalue weighted by molar-refractivity contribution is 0.0699. The summed E-state index contributed by atoms with van der Waals surface area (Å²) in [6.07, 6.45) is 4.31. The molecule has 21 heavy (non-hydrogen) atoms. The second kappa shape index (κ2) is 4.31. The third kappa shape index (κ3) is 2.03. The molecule has 0 radical (unpaired) electrons. The Kier molecular flexibility index (Phi) is 2.63. The van der Waals surface area contributed by atoms with Crippen molar-refractivity contribution in [3.05, 3.63) is 29.6 Å². The van der Waals surface area contributed by atoms with E-state index >= 15 is 0 Å². The van der Waals surface area contributed by atoms with Crippen LogP contribution in [0.3, 0.4) is 0 Å². The highest BCUT2D eigenvalue weighted by Gasteiger charge is 2.44. The van der Waals surface area contributed by atoms with Gasteiger partial charge in [-0.2, -0.15) is 0 Å². The van der Waals surface area contributed by atoms with Crippen molar-refractivity contribution in [1.29, 1.82) is 0 Å². The maximum absolute atomic E-state index is 11.4. The minimum atomic E-state index is -0.934. The van der Waals surface area contributed by atoms with Gasteiger partial charge in [-0.05, 0) is 37.8 Å². The molecule has 4 rings (SSSR count). The number of fused-ring (bicyclic) bond motifs is 1. The maximum atomic E-state index is 11.4. The predicted molar refractivity (Wildman–Crippen MR) is 77.4 cm³/mol. The van der Waals surface area contributed by atoms with Crippen molar-refractivity contribution < 1.29 is 15.0 Å². The molecule has 110 valence electrons. The summed E-state index contributed by atoms with van der Waals surface area (Å²) >= 11 is 0. The van der Waals surface area contributed by atoms with Crippen LogP contribution in [-0.2, 0) is 6.54 Å². The van der Waals surface area contributed by atoms with Crippen LogP contribution in [0, 0.1) is 5.41 Å². The molecule has 0 amide bonds. The van der Waals surface area contributed by atoms with E-state index < -0.39 is 5.97 Å². The van der Waals surface area contributed by atoms with E-state index in [1.165, 1.54) is 0 Å². The van der Waals surface area contributed by atoms with Crippen molar-refractivity contribution >= 4 is 17.0 Å². The number of hydrogen-bond donors (Lipinski definition) is 2. The fourth-order valence-corrected chi connectivity index (χ4v) is 3.04. The van der Waals surface area contributed by atoms with E-state index in [2.05, 4.69) is 9.55 Å². The van der Waals surface area contributed by atoms with Crippen LogP contribution in [0.4, 0.5) is 0 Å². The van der Waals surface area contributed by atoms with Crippen LogP contribution in [0.2, 0.25) is 0 Å². The molecular weight excluding hydrogens is 268 g/mol. The fourth-order valence-electron chi connectivity index (χ4n) is 3.04. The van der Waals surface area contributed by atoms with Crippen LogP contribution in [0.5, 0.6) is 0 Å². The van der Waals surface area contributed by atoms with Gasteiger partial charge in [0.15, 0.2) is 0 Å².